The first-order valence-electron chi connectivity index (χ1n) is 5.44. The minimum Gasteiger partial charge on any atom is -0.495 e. The second-order valence-electron chi connectivity index (χ2n) is 3.73. The number of hydrogen-bond donors (Lipinski definition) is 2. The number of nitrogens with one attached hydrogen (secondary N) is 2. The first-order valence-corrected chi connectivity index (χ1v) is 6.23. The van der Waals surface area contributed by atoms with E-state index in [1.54, 1.807) is 18.2 Å². The van der Waals surface area contributed by atoms with E-state index in [1.165, 1.54) is 25.3 Å². The first kappa shape index (κ1) is 13.4. The van der Waals surface area contributed by atoms with E-state index in [-0.39, 0.29) is 11.3 Å². The predicted octanol–water partition coefficient (Wildman–Crippen LogP) is 2.40. The Morgan fingerprint density at radius 3 is 2.79 bits per heavy atom. The van der Waals surface area contributed by atoms with Crippen LogP contribution in [0.3, 0.4) is 0 Å². The summed E-state index contributed by atoms with van der Waals surface area (Å²) in [6.07, 6.45) is 0. The van der Waals surface area contributed by atoms with E-state index in [0.717, 1.165) is 4.47 Å². The second-order valence-corrected chi connectivity index (χ2v) is 4.64. The van der Waals surface area contributed by atoms with Gasteiger partial charge >= 0.3 is 0 Å². The number of ether oxygens (including phenoxy) is 1. The van der Waals surface area contributed by atoms with Gasteiger partial charge in [0, 0.05) is 10.5 Å². The maximum absolute atomic E-state index is 12.0. The summed E-state index contributed by atoms with van der Waals surface area (Å²) >= 11 is 3.32. The van der Waals surface area contributed by atoms with Crippen LogP contribution >= 0.6 is 15.9 Å². The Kier molecular flexibility index (Phi) is 4.01. The number of hydrogen-bond acceptors (Lipinski definition) is 3. The normalized spacial score (nSPS) is 10.0. The number of methoxy groups -OCH3 is 1. The molecule has 98 valence electrons. The number of aromatic nitrogens is 1. The van der Waals surface area contributed by atoms with Crippen molar-refractivity contribution in [2.24, 2.45) is 0 Å². The van der Waals surface area contributed by atoms with E-state index in [9.17, 15) is 9.59 Å². The molecule has 0 saturated heterocycles. The molecule has 2 rings (SSSR count). The Balaban J connectivity index is 2.28. The third kappa shape index (κ3) is 3.23. The molecule has 6 heteroatoms. The molecule has 19 heavy (non-hydrogen) atoms. The number of benzene rings is 1. The molecular formula is C13H11BrN2O3. The van der Waals surface area contributed by atoms with Crippen LogP contribution in [0.15, 0.2) is 45.7 Å². The lowest BCUT2D eigenvalue weighted by atomic mass is 10.2. The predicted molar refractivity (Wildman–Crippen MR) is 75.7 cm³/mol. The van der Waals surface area contributed by atoms with Crippen LogP contribution in [0.4, 0.5) is 5.69 Å². The third-order valence-electron chi connectivity index (χ3n) is 2.42. The van der Waals surface area contributed by atoms with E-state index in [2.05, 4.69) is 26.2 Å². The molecule has 0 saturated carbocycles. The van der Waals surface area contributed by atoms with Crippen molar-refractivity contribution in [3.8, 4) is 5.75 Å². The fourth-order valence-corrected chi connectivity index (χ4v) is 1.91. The molecule has 1 aromatic heterocycles. The lowest BCUT2D eigenvalue weighted by Crippen LogP contribution is -2.18. The van der Waals surface area contributed by atoms with Crippen LogP contribution in [0, 0.1) is 0 Å². The average Bonchev–Trinajstić information content (AvgIpc) is 2.39. The van der Waals surface area contributed by atoms with Gasteiger partial charge in [0.1, 0.15) is 11.4 Å². The first-order chi connectivity index (χ1) is 9.10. The lowest BCUT2D eigenvalue weighted by Gasteiger charge is -2.10. The number of aromatic amines is 1. The zero-order chi connectivity index (χ0) is 13.8. The Hall–Kier alpha value is -2.08. The smallest absolute Gasteiger partial charge is 0.272 e. The molecule has 5 nitrogen and oxygen atoms in total. The van der Waals surface area contributed by atoms with Crippen LogP contribution in [0.2, 0.25) is 0 Å². The molecule has 0 spiro atoms. The minimum atomic E-state index is -0.408. The SMILES string of the molecule is COc1ccc(Br)cc1NC(=O)c1cccc(=O)[nH]1. The molecule has 1 heterocycles. The molecule has 0 unspecified atom stereocenters. The Morgan fingerprint density at radius 1 is 1.32 bits per heavy atom. The summed E-state index contributed by atoms with van der Waals surface area (Å²) in [7, 11) is 1.52. The molecule has 2 aromatic rings. The zero-order valence-electron chi connectivity index (χ0n) is 10.1. The maximum Gasteiger partial charge on any atom is 0.272 e. The van der Waals surface area contributed by atoms with Crippen molar-refractivity contribution in [2.45, 2.75) is 0 Å². The standard InChI is InChI=1S/C13H11BrN2O3/c1-19-11-6-5-8(14)7-10(11)16-13(18)9-3-2-4-12(17)15-9/h2-7H,1H3,(H,15,17)(H,16,18). The van der Waals surface area contributed by atoms with E-state index < -0.39 is 5.91 Å². The van der Waals surface area contributed by atoms with Crippen LogP contribution in [0.1, 0.15) is 10.5 Å². The summed E-state index contributed by atoms with van der Waals surface area (Å²) in [5, 5.41) is 2.68. The van der Waals surface area contributed by atoms with Crippen molar-refractivity contribution in [2.75, 3.05) is 12.4 Å². The van der Waals surface area contributed by atoms with Gasteiger partial charge in [-0.15, -0.1) is 0 Å². The van der Waals surface area contributed by atoms with Crippen LogP contribution in [0.5, 0.6) is 5.75 Å². The fourth-order valence-electron chi connectivity index (χ4n) is 1.55. The number of amides is 1. The van der Waals surface area contributed by atoms with Gasteiger partial charge in [0.15, 0.2) is 0 Å². The molecule has 0 aliphatic carbocycles. The Morgan fingerprint density at radius 2 is 2.11 bits per heavy atom. The fraction of sp³-hybridized carbons (Fsp3) is 0.0769. The van der Waals surface area contributed by atoms with Gasteiger partial charge < -0.3 is 15.0 Å². The molecule has 1 amide bonds. The number of halogens is 1. The number of pyridine rings is 1. The zero-order valence-corrected chi connectivity index (χ0v) is 11.7. The van der Waals surface area contributed by atoms with E-state index in [4.69, 9.17) is 4.74 Å². The molecule has 0 aliphatic rings. The van der Waals surface area contributed by atoms with Gasteiger partial charge in [-0.25, -0.2) is 0 Å². The maximum atomic E-state index is 12.0. The summed E-state index contributed by atoms with van der Waals surface area (Å²) in [6, 6.07) is 9.65. The van der Waals surface area contributed by atoms with Crippen LogP contribution < -0.4 is 15.6 Å². The van der Waals surface area contributed by atoms with Crippen molar-refractivity contribution in [1.29, 1.82) is 0 Å². The van der Waals surface area contributed by atoms with Gasteiger partial charge in [-0.2, -0.15) is 0 Å². The van der Waals surface area contributed by atoms with Crippen molar-refractivity contribution in [3.63, 3.8) is 0 Å². The highest BCUT2D eigenvalue weighted by atomic mass is 79.9. The average molecular weight is 323 g/mol. The minimum absolute atomic E-state index is 0.189. The van der Waals surface area contributed by atoms with Gasteiger partial charge in [0.25, 0.3) is 5.91 Å². The Labute approximate surface area is 117 Å². The molecule has 1 aromatic carbocycles. The highest BCUT2D eigenvalue weighted by Crippen LogP contribution is 2.28. The number of H-pyrrole nitrogens is 1. The van der Waals surface area contributed by atoms with Crippen LogP contribution in [-0.2, 0) is 0 Å². The summed E-state index contributed by atoms with van der Waals surface area (Å²) in [5.41, 5.74) is 0.384. The molecular weight excluding hydrogens is 312 g/mol. The van der Waals surface area contributed by atoms with Gasteiger partial charge in [0.2, 0.25) is 5.56 Å². The number of rotatable bonds is 3. The van der Waals surface area contributed by atoms with Gasteiger partial charge in [-0.1, -0.05) is 22.0 Å². The van der Waals surface area contributed by atoms with Gasteiger partial charge in [-0.05, 0) is 24.3 Å². The highest BCUT2D eigenvalue weighted by Gasteiger charge is 2.10. The second kappa shape index (κ2) is 5.71. The van der Waals surface area contributed by atoms with E-state index in [0.29, 0.717) is 11.4 Å². The summed E-state index contributed by atoms with van der Waals surface area (Å²) in [4.78, 5) is 25.6. The van der Waals surface area contributed by atoms with Crippen molar-refractivity contribution < 1.29 is 9.53 Å². The number of anilines is 1. The molecule has 0 fully saturated rings. The van der Waals surface area contributed by atoms with Crippen LogP contribution in [-0.4, -0.2) is 18.0 Å². The van der Waals surface area contributed by atoms with Crippen molar-refractivity contribution in [1.82, 2.24) is 4.98 Å². The van der Waals surface area contributed by atoms with E-state index in [1.807, 2.05) is 0 Å². The number of carbonyl (C=O) groups excluding carboxylic acids is 1. The summed E-state index contributed by atoms with van der Waals surface area (Å²) in [5.74, 6) is 0.129. The highest BCUT2D eigenvalue weighted by molar-refractivity contribution is 9.10. The topological polar surface area (TPSA) is 71.2 Å². The van der Waals surface area contributed by atoms with Gasteiger partial charge in [-0.3, -0.25) is 9.59 Å². The van der Waals surface area contributed by atoms with Gasteiger partial charge in [0.05, 0.1) is 12.8 Å². The molecule has 0 bridgehead atoms. The van der Waals surface area contributed by atoms with Crippen molar-refractivity contribution in [3.05, 3.63) is 56.9 Å². The monoisotopic (exact) mass is 322 g/mol. The molecule has 0 aliphatic heterocycles. The summed E-state index contributed by atoms with van der Waals surface area (Å²) in [6.45, 7) is 0. The Bertz CT molecular complexity index is 667. The number of carbonyl (C=O) groups is 1. The van der Waals surface area contributed by atoms with E-state index >= 15 is 0 Å². The summed E-state index contributed by atoms with van der Waals surface area (Å²) < 4.78 is 5.96. The molecule has 0 radical (unpaired) electrons. The van der Waals surface area contributed by atoms with Crippen molar-refractivity contribution >= 4 is 27.5 Å². The quantitative estimate of drug-likeness (QED) is 0.911. The largest absolute Gasteiger partial charge is 0.495 e. The molecule has 2 N–H and O–H groups in total. The van der Waals surface area contributed by atoms with Crippen LogP contribution in [0.25, 0.3) is 0 Å². The third-order valence-corrected chi connectivity index (χ3v) is 2.92. The lowest BCUT2D eigenvalue weighted by molar-refractivity contribution is 0.102. The molecule has 0 atom stereocenters.